The fourth-order valence-corrected chi connectivity index (χ4v) is 2.42. The Bertz CT molecular complexity index is 196. The summed E-state index contributed by atoms with van der Waals surface area (Å²) in [4.78, 5) is 4.77. The van der Waals surface area contributed by atoms with Crippen LogP contribution in [0.3, 0.4) is 0 Å². The van der Waals surface area contributed by atoms with Crippen molar-refractivity contribution in [3.05, 3.63) is 0 Å². The molecule has 0 N–H and O–H groups in total. The molecule has 0 saturated carbocycles. The number of likely N-dealkylation sites (tertiary alicyclic amines) is 1. The van der Waals surface area contributed by atoms with E-state index in [1.807, 2.05) is 13.8 Å². The first-order valence-corrected chi connectivity index (χ1v) is 6.79. The molecule has 1 aliphatic rings. The maximum atomic E-state index is 5.57. The van der Waals surface area contributed by atoms with Crippen LogP contribution in [0.4, 0.5) is 0 Å². The van der Waals surface area contributed by atoms with Gasteiger partial charge in [0.05, 0.1) is 0 Å². The van der Waals surface area contributed by atoms with Crippen molar-refractivity contribution < 1.29 is 9.47 Å². The highest BCUT2D eigenvalue weighted by molar-refractivity contribution is 4.78. The molecule has 1 atom stereocenters. The van der Waals surface area contributed by atoms with E-state index in [1.54, 1.807) is 0 Å². The van der Waals surface area contributed by atoms with Crippen LogP contribution in [0, 0.1) is 0 Å². The maximum absolute atomic E-state index is 5.57. The Morgan fingerprint density at radius 2 is 1.94 bits per heavy atom. The summed E-state index contributed by atoms with van der Waals surface area (Å²) in [6.45, 7) is 8.63. The van der Waals surface area contributed by atoms with Crippen molar-refractivity contribution in [1.82, 2.24) is 9.80 Å². The van der Waals surface area contributed by atoms with Gasteiger partial charge in [0, 0.05) is 32.3 Å². The van der Waals surface area contributed by atoms with Crippen LogP contribution >= 0.6 is 0 Å². The zero-order valence-corrected chi connectivity index (χ0v) is 11.8. The minimum Gasteiger partial charge on any atom is -0.352 e. The molecular weight excluding hydrogens is 216 g/mol. The standard InChI is InChI=1S/C13H28N2O2/c1-5-16-13(17-6-2)11-14(3)10-12-8-7-9-15(12)4/h12-13H,5-11H2,1-4H3. The lowest BCUT2D eigenvalue weighted by molar-refractivity contribution is -0.145. The lowest BCUT2D eigenvalue weighted by atomic mass is 10.2. The number of rotatable bonds is 8. The van der Waals surface area contributed by atoms with Gasteiger partial charge in [0.2, 0.25) is 0 Å². The van der Waals surface area contributed by atoms with E-state index in [0.29, 0.717) is 19.3 Å². The number of hydrogen-bond donors (Lipinski definition) is 0. The quantitative estimate of drug-likeness (QED) is 0.603. The highest BCUT2D eigenvalue weighted by Gasteiger charge is 2.23. The third kappa shape index (κ3) is 5.34. The first-order chi connectivity index (χ1) is 8.17. The molecule has 1 fully saturated rings. The van der Waals surface area contributed by atoms with E-state index in [4.69, 9.17) is 9.47 Å². The Labute approximate surface area is 106 Å². The van der Waals surface area contributed by atoms with Gasteiger partial charge in [-0.05, 0) is 47.3 Å². The molecule has 0 bridgehead atoms. The summed E-state index contributed by atoms with van der Waals surface area (Å²) in [7, 11) is 4.37. The van der Waals surface area contributed by atoms with Crippen LogP contribution in [0.15, 0.2) is 0 Å². The Balaban J connectivity index is 2.28. The van der Waals surface area contributed by atoms with Crippen molar-refractivity contribution in [1.29, 1.82) is 0 Å². The topological polar surface area (TPSA) is 24.9 Å². The third-order valence-corrected chi connectivity index (χ3v) is 3.36. The van der Waals surface area contributed by atoms with Gasteiger partial charge in [-0.15, -0.1) is 0 Å². The molecule has 0 aliphatic carbocycles. The van der Waals surface area contributed by atoms with Crippen LogP contribution in [0.1, 0.15) is 26.7 Å². The Morgan fingerprint density at radius 1 is 1.29 bits per heavy atom. The molecule has 4 heteroatoms. The number of nitrogens with zero attached hydrogens (tertiary/aromatic N) is 2. The van der Waals surface area contributed by atoms with Crippen LogP contribution in [0.2, 0.25) is 0 Å². The van der Waals surface area contributed by atoms with Gasteiger partial charge in [-0.25, -0.2) is 0 Å². The summed E-state index contributed by atoms with van der Waals surface area (Å²) in [6, 6.07) is 0.698. The molecule has 4 nitrogen and oxygen atoms in total. The number of ether oxygens (including phenoxy) is 2. The second-order valence-corrected chi connectivity index (χ2v) is 4.84. The van der Waals surface area contributed by atoms with Gasteiger partial charge in [-0.2, -0.15) is 0 Å². The highest BCUT2D eigenvalue weighted by Crippen LogP contribution is 2.15. The molecule has 17 heavy (non-hydrogen) atoms. The second kappa shape index (κ2) is 8.03. The largest absolute Gasteiger partial charge is 0.352 e. The molecule has 1 aliphatic heterocycles. The lowest BCUT2D eigenvalue weighted by Gasteiger charge is -2.28. The van der Waals surface area contributed by atoms with Crippen molar-refractivity contribution in [2.24, 2.45) is 0 Å². The van der Waals surface area contributed by atoms with Gasteiger partial charge in [0.25, 0.3) is 0 Å². The van der Waals surface area contributed by atoms with Gasteiger partial charge in [0.15, 0.2) is 6.29 Å². The summed E-state index contributed by atoms with van der Waals surface area (Å²) in [5.74, 6) is 0. The zero-order chi connectivity index (χ0) is 12.7. The molecular formula is C13H28N2O2. The molecule has 0 aromatic heterocycles. The van der Waals surface area contributed by atoms with Gasteiger partial charge < -0.3 is 14.4 Å². The molecule has 0 spiro atoms. The van der Waals surface area contributed by atoms with Gasteiger partial charge in [0.1, 0.15) is 0 Å². The van der Waals surface area contributed by atoms with E-state index < -0.39 is 0 Å². The molecule has 0 amide bonds. The van der Waals surface area contributed by atoms with Crippen LogP contribution < -0.4 is 0 Å². The molecule has 0 aromatic rings. The third-order valence-electron chi connectivity index (χ3n) is 3.36. The average molecular weight is 244 g/mol. The summed E-state index contributed by atoms with van der Waals surface area (Å²) < 4.78 is 11.1. The first kappa shape index (κ1) is 14.9. The van der Waals surface area contributed by atoms with Crippen molar-refractivity contribution in [3.8, 4) is 0 Å². The van der Waals surface area contributed by atoms with Crippen molar-refractivity contribution in [2.75, 3.05) is 46.9 Å². The monoisotopic (exact) mass is 244 g/mol. The predicted molar refractivity (Wildman–Crippen MR) is 70.2 cm³/mol. The van der Waals surface area contributed by atoms with Crippen LogP contribution in [-0.4, -0.2) is 69.1 Å². The summed E-state index contributed by atoms with van der Waals surface area (Å²) >= 11 is 0. The van der Waals surface area contributed by atoms with E-state index in [2.05, 4.69) is 23.9 Å². The average Bonchev–Trinajstić information content (AvgIpc) is 2.65. The van der Waals surface area contributed by atoms with Crippen LogP contribution in [-0.2, 0) is 9.47 Å². The van der Waals surface area contributed by atoms with Crippen LogP contribution in [0.5, 0.6) is 0 Å². The van der Waals surface area contributed by atoms with E-state index in [0.717, 1.165) is 13.1 Å². The summed E-state index contributed by atoms with van der Waals surface area (Å²) in [5.41, 5.74) is 0. The number of hydrogen-bond acceptors (Lipinski definition) is 4. The molecule has 1 unspecified atom stereocenters. The Hall–Kier alpha value is -0.160. The molecule has 102 valence electrons. The van der Waals surface area contributed by atoms with E-state index in [9.17, 15) is 0 Å². The van der Waals surface area contributed by atoms with Crippen LogP contribution in [0.25, 0.3) is 0 Å². The van der Waals surface area contributed by atoms with E-state index in [1.165, 1.54) is 19.4 Å². The molecule has 1 heterocycles. The van der Waals surface area contributed by atoms with E-state index >= 15 is 0 Å². The predicted octanol–water partition coefficient (Wildman–Crippen LogP) is 1.41. The van der Waals surface area contributed by atoms with Gasteiger partial charge in [-0.1, -0.05) is 0 Å². The molecule has 0 radical (unpaired) electrons. The number of likely N-dealkylation sites (N-methyl/N-ethyl adjacent to an activating group) is 2. The molecule has 0 aromatic carbocycles. The zero-order valence-electron chi connectivity index (χ0n) is 11.8. The van der Waals surface area contributed by atoms with Gasteiger partial charge in [-0.3, -0.25) is 4.90 Å². The van der Waals surface area contributed by atoms with Crippen molar-refractivity contribution in [2.45, 2.75) is 39.0 Å². The summed E-state index contributed by atoms with van der Waals surface area (Å²) in [6.07, 6.45) is 2.56. The maximum Gasteiger partial charge on any atom is 0.170 e. The Morgan fingerprint density at radius 3 is 2.41 bits per heavy atom. The highest BCUT2D eigenvalue weighted by atomic mass is 16.7. The van der Waals surface area contributed by atoms with Crippen molar-refractivity contribution in [3.63, 3.8) is 0 Å². The fraction of sp³-hybridized carbons (Fsp3) is 1.00. The Kier molecular flexibility index (Phi) is 7.04. The van der Waals surface area contributed by atoms with Crippen molar-refractivity contribution >= 4 is 0 Å². The van der Waals surface area contributed by atoms with E-state index in [-0.39, 0.29) is 6.29 Å². The minimum atomic E-state index is -0.0818. The lowest BCUT2D eigenvalue weighted by Crippen LogP contribution is -2.41. The molecule has 1 saturated heterocycles. The minimum absolute atomic E-state index is 0.0818. The first-order valence-electron chi connectivity index (χ1n) is 6.79. The smallest absolute Gasteiger partial charge is 0.170 e. The second-order valence-electron chi connectivity index (χ2n) is 4.84. The normalized spacial score (nSPS) is 21.9. The summed E-state index contributed by atoms with van der Waals surface area (Å²) in [5, 5.41) is 0. The molecule has 1 rings (SSSR count). The fourth-order valence-electron chi connectivity index (χ4n) is 2.42. The van der Waals surface area contributed by atoms with Gasteiger partial charge >= 0.3 is 0 Å². The SMILES string of the molecule is CCOC(CN(C)CC1CCCN1C)OCC.